The molecule has 2 heteroatoms. The number of benzene rings is 1. The second kappa shape index (κ2) is 5.02. The molecule has 0 atom stereocenters. The fraction of sp³-hybridized carbons (Fsp3) is 0.625. The third-order valence-corrected chi connectivity index (χ3v) is 4.26. The molecule has 1 saturated carbocycles. The van der Waals surface area contributed by atoms with Gasteiger partial charge in [0.15, 0.2) is 0 Å². The summed E-state index contributed by atoms with van der Waals surface area (Å²) in [5.74, 6) is 0. The molecule has 0 amide bonds. The normalized spacial score (nSPS) is 17.2. The Kier molecular flexibility index (Phi) is 3.79. The fourth-order valence-electron chi connectivity index (χ4n) is 2.96. The molecule has 1 aliphatic carbocycles. The summed E-state index contributed by atoms with van der Waals surface area (Å²) in [7, 11) is 2.22. The number of nitrogens with two attached hydrogens (primary N) is 1. The van der Waals surface area contributed by atoms with Gasteiger partial charge in [0.05, 0.1) is 0 Å². The number of aryl methyl sites for hydroxylation is 3. The Morgan fingerprint density at radius 1 is 1.17 bits per heavy atom. The minimum absolute atomic E-state index is 0.432. The first kappa shape index (κ1) is 13.6. The monoisotopic (exact) mass is 246 g/mol. The predicted molar refractivity (Wildman–Crippen MR) is 77.7 cm³/mol. The van der Waals surface area contributed by atoms with Crippen molar-refractivity contribution in [2.45, 2.75) is 40.2 Å². The molecule has 1 aliphatic rings. The molecule has 1 aromatic carbocycles. The van der Waals surface area contributed by atoms with Crippen LogP contribution in [-0.4, -0.2) is 25.0 Å². The molecule has 2 rings (SSSR count). The van der Waals surface area contributed by atoms with E-state index in [1.54, 1.807) is 0 Å². The molecule has 2 N–H and O–H groups in total. The van der Waals surface area contributed by atoms with E-state index in [9.17, 15) is 0 Å². The number of rotatable bonds is 5. The zero-order chi connectivity index (χ0) is 13.3. The largest absolute Gasteiger partial charge is 0.330 e. The molecule has 0 aliphatic heterocycles. The molecule has 0 unspecified atom stereocenters. The second-order valence-electron chi connectivity index (χ2n) is 6.25. The fourth-order valence-corrected chi connectivity index (χ4v) is 2.96. The van der Waals surface area contributed by atoms with Crippen LogP contribution in [0.5, 0.6) is 0 Å². The van der Waals surface area contributed by atoms with E-state index in [4.69, 9.17) is 5.73 Å². The molecular weight excluding hydrogens is 220 g/mol. The smallest absolute Gasteiger partial charge is 0.0236 e. The van der Waals surface area contributed by atoms with Gasteiger partial charge in [0, 0.05) is 13.1 Å². The topological polar surface area (TPSA) is 29.3 Å². The van der Waals surface area contributed by atoms with Gasteiger partial charge < -0.3 is 10.6 Å². The van der Waals surface area contributed by atoms with Crippen molar-refractivity contribution in [1.29, 1.82) is 0 Å². The van der Waals surface area contributed by atoms with Gasteiger partial charge in [-0.25, -0.2) is 0 Å². The van der Waals surface area contributed by atoms with Crippen molar-refractivity contribution >= 4 is 0 Å². The molecule has 100 valence electrons. The summed E-state index contributed by atoms with van der Waals surface area (Å²) in [5, 5.41) is 0. The average Bonchev–Trinajstić information content (AvgIpc) is 3.04. The van der Waals surface area contributed by atoms with E-state index in [0.29, 0.717) is 5.41 Å². The lowest BCUT2D eigenvalue weighted by molar-refractivity contribution is 0.258. The highest BCUT2D eigenvalue weighted by Crippen LogP contribution is 2.45. The Bertz CT molecular complexity index is 410. The minimum Gasteiger partial charge on any atom is -0.330 e. The van der Waals surface area contributed by atoms with E-state index >= 15 is 0 Å². The highest BCUT2D eigenvalue weighted by molar-refractivity contribution is 5.37. The zero-order valence-corrected chi connectivity index (χ0v) is 12.2. The molecule has 0 spiro atoms. The summed E-state index contributed by atoms with van der Waals surface area (Å²) < 4.78 is 0. The van der Waals surface area contributed by atoms with Gasteiger partial charge in [-0.2, -0.15) is 0 Å². The van der Waals surface area contributed by atoms with Crippen LogP contribution in [0.1, 0.15) is 35.1 Å². The van der Waals surface area contributed by atoms with Gasteiger partial charge in [-0.1, -0.05) is 17.7 Å². The second-order valence-corrected chi connectivity index (χ2v) is 6.25. The van der Waals surface area contributed by atoms with E-state index in [0.717, 1.165) is 19.6 Å². The average molecular weight is 246 g/mol. The SMILES string of the molecule is Cc1cc(C)c(CN(C)CC2(CN)CC2)c(C)c1. The molecule has 1 aromatic rings. The van der Waals surface area contributed by atoms with Crippen LogP contribution >= 0.6 is 0 Å². The van der Waals surface area contributed by atoms with E-state index in [1.165, 1.54) is 35.1 Å². The molecule has 0 aromatic heterocycles. The van der Waals surface area contributed by atoms with Gasteiger partial charge >= 0.3 is 0 Å². The number of hydrogen-bond acceptors (Lipinski definition) is 2. The van der Waals surface area contributed by atoms with E-state index in [2.05, 4.69) is 44.9 Å². The van der Waals surface area contributed by atoms with Gasteiger partial charge in [0.1, 0.15) is 0 Å². The summed E-state index contributed by atoms with van der Waals surface area (Å²) in [4.78, 5) is 2.44. The Labute approximate surface area is 111 Å². The van der Waals surface area contributed by atoms with Crippen molar-refractivity contribution in [3.63, 3.8) is 0 Å². The standard InChI is InChI=1S/C16H26N2/c1-12-7-13(2)15(14(3)8-12)9-18(4)11-16(10-17)5-6-16/h7-8H,5-6,9-11,17H2,1-4H3. The van der Waals surface area contributed by atoms with Crippen LogP contribution < -0.4 is 5.73 Å². The van der Waals surface area contributed by atoms with Crippen LogP contribution in [0.4, 0.5) is 0 Å². The van der Waals surface area contributed by atoms with Crippen molar-refractivity contribution in [1.82, 2.24) is 4.90 Å². The molecular formula is C16H26N2. The first-order valence-corrected chi connectivity index (χ1v) is 6.91. The molecule has 0 radical (unpaired) electrons. The molecule has 0 heterocycles. The summed E-state index contributed by atoms with van der Waals surface area (Å²) in [6, 6.07) is 4.57. The summed E-state index contributed by atoms with van der Waals surface area (Å²) in [5.41, 5.74) is 12.0. The minimum atomic E-state index is 0.432. The summed E-state index contributed by atoms with van der Waals surface area (Å²) in [6.45, 7) is 9.62. The number of hydrogen-bond donors (Lipinski definition) is 1. The Morgan fingerprint density at radius 3 is 2.17 bits per heavy atom. The predicted octanol–water partition coefficient (Wildman–Crippen LogP) is 2.78. The third-order valence-electron chi connectivity index (χ3n) is 4.26. The van der Waals surface area contributed by atoms with Crippen molar-refractivity contribution in [2.75, 3.05) is 20.1 Å². The van der Waals surface area contributed by atoms with Gasteiger partial charge in [-0.3, -0.25) is 0 Å². The lowest BCUT2D eigenvalue weighted by Gasteiger charge is -2.24. The number of nitrogens with zero attached hydrogens (tertiary/aromatic N) is 1. The van der Waals surface area contributed by atoms with E-state index < -0.39 is 0 Å². The van der Waals surface area contributed by atoms with Crippen LogP contribution in [0, 0.1) is 26.2 Å². The van der Waals surface area contributed by atoms with Crippen LogP contribution in [0.3, 0.4) is 0 Å². The first-order chi connectivity index (χ1) is 8.46. The van der Waals surface area contributed by atoms with Crippen LogP contribution in [0.15, 0.2) is 12.1 Å². The van der Waals surface area contributed by atoms with Crippen molar-refractivity contribution in [2.24, 2.45) is 11.1 Å². The maximum absolute atomic E-state index is 5.86. The molecule has 0 saturated heterocycles. The van der Waals surface area contributed by atoms with Crippen LogP contribution in [0.25, 0.3) is 0 Å². The maximum atomic E-state index is 5.86. The van der Waals surface area contributed by atoms with E-state index in [1.807, 2.05) is 0 Å². The summed E-state index contributed by atoms with van der Waals surface area (Å²) in [6.07, 6.45) is 2.61. The Hall–Kier alpha value is -0.860. The third kappa shape index (κ3) is 2.93. The maximum Gasteiger partial charge on any atom is 0.0236 e. The van der Waals surface area contributed by atoms with Gasteiger partial charge in [0.2, 0.25) is 0 Å². The van der Waals surface area contributed by atoms with Crippen molar-refractivity contribution in [3.05, 3.63) is 34.4 Å². The van der Waals surface area contributed by atoms with Crippen LogP contribution in [-0.2, 0) is 6.54 Å². The molecule has 0 bridgehead atoms. The van der Waals surface area contributed by atoms with Crippen LogP contribution in [0.2, 0.25) is 0 Å². The van der Waals surface area contributed by atoms with Gasteiger partial charge in [0.25, 0.3) is 0 Å². The Balaban J connectivity index is 2.05. The highest BCUT2D eigenvalue weighted by Gasteiger charge is 2.41. The van der Waals surface area contributed by atoms with E-state index in [-0.39, 0.29) is 0 Å². The summed E-state index contributed by atoms with van der Waals surface area (Å²) >= 11 is 0. The quantitative estimate of drug-likeness (QED) is 0.865. The first-order valence-electron chi connectivity index (χ1n) is 6.91. The highest BCUT2D eigenvalue weighted by atomic mass is 15.1. The molecule has 2 nitrogen and oxygen atoms in total. The lowest BCUT2D eigenvalue weighted by atomic mass is 9.99. The van der Waals surface area contributed by atoms with Gasteiger partial charge in [-0.15, -0.1) is 0 Å². The van der Waals surface area contributed by atoms with Crippen molar-refractivity contribution in [3.8, 4) is 0 Å². The zero-order valence-electron chi connectivity index (χ0n) is 12.2. The van der Waals surface area contributed by atoms with Gasteiger partial charge in [-0.05, 0) is 69.3 Å². The van der Waals surface area contributed by atoms with Crippen molar-refractivity contribution < 1.29 is 0 Å². The Morgan fingerprint density at radius 2 is 1.72 bits per heavy atom. The molecule has 18 heavy (non-hydrogen) atoms. The lowest BCUT2D eigenvalue weighted by Crippen LogP contribution is -2.31. The molecule has 1 fully saturated rings.